The molecule has 0 aromatic carbocycles. The maximum Gasteiger partial charge on any atom is 0.233 e. The number of nitrogens with zero attached hydrogens (tertiary/aromatic N) is 2. The molecule has 0 saturated carbocycles. The van der Waals surface area contributed by atoms with E-state index in [2.05, 4.69) is 22.2 Å². The van der Waals surface area contributed by atoms with Crippen LogP contribution in [0.5, 0.6) is 0 Å². The van der Waals surface area contributed by atoms with Crippen LogP contribution in [-0.4, -0.2) is 27.7 Å². The van der Waals surface area contributed by atoms with E-state index < -0.39 is 0 Å². The van der Waals surface area contributed by atoms with Crippen LogP contribution in [0.2, 0.25) is 0 Å². The summed E-state index contributed by atoms with van der Waals surface area (Å²) < 4.78 is 0. The number of carbonyl (C=O) groups excluding carboxylic acids is 1. The van der Waals surface area contributed by atoms with E-state index in [9.17, 15) is 4.79 Å². The summed E-state index contributed by atoms with van der Waals surface area (Å²) in [4.78, 5) is 23.4. The van der Waals surface area contributed by atoms with E-state index in [1.165, 1.54) is 22.2 Å². The van der Waals surface area contributed by atoms with Crippen LogP contribution >= 0.6 is 23.1 Å². The molecular weight excluding hydrogens is 314 g/mol. The Morgan fingerprint density at radius 1 is 1.55 bits per heavy atom. The normalized spacial score (nSPS) is 19.0. The van der Waals surface area contributed by atoms with Crippen molar-refractivity contribution in [3.63, 3.8) is 0 Å². The number of hydrogen-bond donors (Lipinski definition) is 1. The Labute approximate surface area is 139 Å². The zero-order valence-electron chi connectivity index (χ0n) is 13.2. The lowest BCUT2D eigenvalue weighted by Gasteiger charge is -2.18. The van der Waals surface area contributed by atoms with Crippen LogP contribution in [0.15, 0.2) is 11.4 Å². The van der Waals surface area contributed by atoms with Gasteiger partial charge in [-0.05, 0) is 44.6 Å². The topological polar surface area (TPSA) is 54.9 Å². The van der Waals surface area contributed by atoms with Crippen molar-refractivity contribution in [3.05, 3.63) is 16.8 Å². The van der Waals surface area contributed by atoms with Gasteiger partial charge < -0.3 is 5.32 Å². The maximum atomic E-state index is 12.0. The molecule has 0 aliphatic heterocycles. The van der Waals surface area contributed by atoms with Crippen molar-refractivity contribution in [2.45, 2.75) is 50.3 Å². The summed E-state index contributed by atoms with van der Waals surface area (Å²) in [6.07, 6.45) is 5.10. The van der Waals surface area contributed by atoms with Crippen molar-refractivity contribution < 1.29 is 4.79 Å². The molecule has 2 heterocycles. The summed E-state index contributed by atoms with van der Waals surface area (Å²) in [7, 11) is 0. The second-order valence-electron chi connectivity index (χ2n) is 5.87. The lowest BCUT2D eigenvalue weighted by molar-refractivity contribution is -0.120. The Hall–Kier alpha value is -1.14. The number of thiophene rings is 1. The monoisotopic (exact) mass is 335 g/mol. The van der Waals surface area contributed by atoms with Gasteiger partial charge in [-0.1, -0.05) is 18.7 Å². The molecular formula is C16H21N3OS2. The number of nitrogens with one attached hydrogen (secondary N) is 1. The summed E-state index contributed by atoms with van der Waals surface area (Å²) in [5.41, 5.74) is 1.42. The average molecular weight is 335 g/mol. The molecule has 0 bridgehead atoms. The van der Waals surface area contributed by atoms with Crippen molar-refractivity contribution in [2.75, 3.05) is 6.54 Å². The van der Waals surface area contributed by atoms with Gasteiger partial charge in [-0.3, -0.25) is 4.79 Å². The van der Waals surface area contributed by atoms with Gasteiger partial charge in [0.05, 0.1) is 5.25 Å². The van der Waals surface area contributed by atoms with Crippen LogP contribution in [-0.2, 0) is 17.6 Å². The van der Waals surface area contributed by atoms with Crippen LogP contribution in [0, 0.1) is 5.92 Å². The standard InChI is InChI=1S/C16H21N3OS2/c1-4-17-14(20)10(3)21-15-13-11-6-5-9(2)7-12(11)22-16(13)19-8-18-15/h8-10H,4-7H2,1-3H3,(H,17,20)/t9-,10-/m0/s1. The number of aryl methyl sites for hydroxylation is 1. The molecule has 1 aliphatic rings. The van der Waals surface area contributed by atoms with E-state index in [0.29, 0.717) is 6.54 Å². The molecule has 6 heteroatoms. The molecule has 1 N–H and O–H groups in total. The number of amides is 1. The number of aromatic nitrogens is 2. The molecule has 0 saturated heterocycles. The van der Waals surface area contributed by atoms with Crippen LogP contribution in [0.25, 0.3) is 10.2 Å². The van der Waals surface area contributed by atoms with E-state index in [1.807, 2.05) is 13.8 Å². The van der Waals surface area contributed by atoms with E-state index in [4.69, 9.17) is 0 Å². The van der Waals surface area contributed by atoms with Gasteiger partial charge in [0, 0.05) is 16.8 Å². The Balaban J connectivity index is 1.95. The molecule has 0 unspecified atom stereocenters. The lowest BCUT2D eigenvalue weighted by atomic mass is 9.89. The summed E-state index contributed by atoms with van der Waals surface area (Å²) in [5, 5.41) is 4.88. The van der Waals surface area contributed by atoms with Crippen LogP contribution in [0.4, 0.5) is 0 Å². The van der Waals surface area contributed by atoms with Crippen molar-refractivity contribution >= 4 is 39.2 Å². The molecule has 0 radical (unpaired) electrons. The SMILES string of the molecule is CCNC(=O)[C@H](C)Sc1ncnc2sc3c(c12)CC[C@H](C)C3. The van der Waals surface area contributed by atoms with Crippen molar-refractivity contribution in [1.82, 2.24) is 15.3 Å². The van der Waals surface area contributed by atoms with Gasteiger partial charge in [0.1, 0.15) is 16.2 Å². The number of rotatable bonds is 4. The molecule has 0 spiro atoms. The second kappa shape index (κ2) is 6.54. The van der Waals surface area contributed by atoms with E-state index in [0.717, 1.165) is 28.6 Å². The van der Waals surface area contributed by atoms with Gasteiger partial charge in [-0.25, -0.2) is 9.97 Å². The fourth-order valence-electron chi connectivity index (χ4n) is 2.87. The van der Waals surface area contributed by atoms with Crippen molar-refractivity contribution in [1.29, 1.82) is 0 Å². The minimum atomic E-state index is -0.142. The molecule has 2 atom stereocenters. The fraction of sp³-hybridized carbons (Fsp3) is 0.562. The number of thioether (sulfide) groups is 1. The summed E-state index contributed by atoms with van der Waals surface area (Å²) in [6, 6.07) is 0. The Morgan fingerprint density at radius 3 is 3.14 bits per heavy atom. The Bertz CT molecular complexity index is 698. The molecule has 1 amide bonds. The predicted octanol–water partition coefficient (Wildman–Crippen LogP) is 3.43. The molecule has 1 aliphatic carbocycles. The predicted molar refractivity (Wildman–Crippen MR) is 92.6 cm³/mol. The Morgan fingerprint density at radius 2 is 2.36 bits per heavy atom. The Kier molecular flexibility index (Phi) is 4.68. The van der Waals surface area contributed by atoms with E-state index in [1.54, 1.807) is 29.4 Å². The van der Waals surface area contributed by atoms with Crippen molar-refractivity contribution in [2.24, 2.45) is 5.92 Å². The fourth-order valence-corrected chi connectivity index (χ4v) is 5.26. The molecule has 2 aromatic rings. The summed E-state index contributed by atoms with van der Waals surface area (Å²) in [5.74, 6) is 0.816. The van der Waals surface area contributed by atoms with E-state index >= 15 is 0 Å². The first-order chi connectivity index (χ1) is 10.6. The zero-order valence-corrected chi connectivity index (χ0v) is 14.8. The van der Waals surface area contributed by atoms with Gasteiger partial charge in [0.2, 0.25) is 5.91 Å². The highest BCUT2D eigenvalue weighted by atomic mass is 32.2. The first-order valence-electron chi connectivity index (χ1n) is 7.79. The van der Waals surface area contributed by atoms with Gasteiger partial charge in [0.25, 0.3) is 0 Å². The van der Waals surface area contributed by atoms with Gasteiger partial charge in [-0.2, -0.15) is 0 Å². The zero-order chi connectivity index (χ0) is 15.7. The van der Waals surface area contributed by atoms with Gasteiger partial charge in [-0.15, -0.1) is 11.3 Å². The number of hydrogen-bond acceptors (Lipinski definition) is 5. The second-order valence-corrected chi connectivity index (χ2v) is 8.28. The van der Waals surface area contributed by atoms with Gasteiger partial charge in [0.15, 0.2) is 0 Å². The first-order valence-corrected chi connectivity index (χ1v) is 9.49. The minimum Gasteiger partial charge on any atom is -0.355 e. The minimum absolute atomic E-state index is 0.0666. The summed E-state index contributed by atoms with van der Waals surface area (Å²) in [6.45, 7) is 6.85. The molecule has 22 heavy (non-hydrogen) atoms. The largest absolute Gasteiger partial charge is 0.355 e. The highest BCUT2D eigenvalue weighted by Gasteiger charge is 2.24. The van der Waals surface area contributed by atoms with Crippen LogP contribution in [0.1, 0.15) is 37.6 Å². The van der Waals surface area contributed by atoms with Crippen molar-refractivity contribution in [3.8, 4) is 0 Å². The van der Waals surface area contributed by atoms with Crippen LogP contribution < -0.4 is 5.32 Å². The average Bonchev–Trinajstić information content (AvgIpc) is 2.85. The quantitative estimate of drug-likeness (QED) is 0.687. The third-order valence-corrected chi connectivity index (χ3v) is 6.33. The molecule has 4 nitrogen and oxygen atoms in total. The smallest absolute Gasteiger partial charge is 0.233 e. The first kappa shape index (κ1) is 15.7. The molecule has 0 fully saturated rings. The lowest BCUT2D eigenvalue weighted by Crippen LogP contribution is -2.30. The highest BCUT2D eigenvalue weighted by molar-refractivity contribution is 8.00. The number of carbonyl (C=O) groups is 1. The van der Waals surface area contributed by atoms with Gasteiger partial charge >= 0.3 is 0 Å². The maximum absolute atomic E-state index is 12.0. The molecule has 3 rings (SSSR count). The van der Waals surface area contributed by atoms with E-state index in [-0.39, 0.29) is 11.2 Å². The molecule has 2 aromatic heterocycles. The third kappa shape index (κ3) is 2.99. The molecule has 118 valence electrons. The number of fused-ring (bicyclic) bond motifs is 3. The highest BCUT2D eigenvalue weighted by Crippen LogP contribution is 2.41. The summed E-state index contributed by atoms with van der Waals surface area (Å²) >= 11 is 3.34. The van der Waals surface area contributed by atoms with Crippen LogP contribution in [0.3, 0.4) is 0 Å². The third-order valence-electron chi connectivity index (χ3n) is 4.07.